The van der Waals surface area contributed by atoms with Gasteiger partial charge in [-0.05, 0) is 42.3 Å². The number of carbonyl (C=O) groups excluding carboxylic acids is 1. The van der Waals surface area contributed by atoms with Gasteiger partial charge in [-0.1, -0.05) is 60.7 Å². The van der Waals surface area contributed by atoms with Crippen molar-refractivity contribution < 1.29 is 14.3 Å². The Balaban J connectivity index is 1.72. The highest BCUT2D eigenvalue weighted by Crippen LogP contribution is 2.38. The van der Waals surface area contributed by atoms with Crippen LogP contribution >= 0.6 is 0 Å². The maximum absolute atomic E-state index is 13.2. The molecule has 1 atom stereocenters. The molecule has 1 aliphatic heterocycles. The molecule has 4 heteroatoms. The fourth-order valence-corrected chi connectivity index (χ4v) is 3.60. The quantitative estimate of drug-likeness (QED) is 0.595. The van der Waals surface area contributed by atoms with E-state index >= 15 is 0 Å². The number of nitrogens with zero attached hydrogens (tertiary/aromatic N) is 1. The Hall–Kier alpha value is -3.37. The lowest BCUT2D eigenvalue weighted by Gasteiger charge is -2.28. The summed E-state index contributed by atoms with van der Waals surface area (Å²) in [5, 5.41) is 0. The second kappa shape index (κ2) is 8.33. The minimum Gasteiger partial charge on any atom is -0.497 e. The van der Waals surface area contributed by atoms with Crippen molar-refractivity contribution in [3.05, 3.63) is 102 Å². The minimum absolute atomic E-state index is 0.0490. The van der Waals surface area contributed by atoms with E-state index < -0.39 is 6.23 Å². The van der Waals surface area contributed by atoms with Crippen molar-refractivity contribution >= 4 is 17.2 Å². The van der Waals surface area contributed by atoms with Gasteiger partial charge in [0.15, 0.2) is 6.23 Å². The van der Waals surface area contributed by atoms with Crippen molar-refractivity contribution in [2.45, 2.75) is 19.8 Å². The lowest BCUT2D eigenvalue weighted by atomic mass is 10.0. The van der Waals surface area contributed by atoms with Gasteiger partial charge >= 0.3 is 0 Å². The third-order valence-corrected chi connectivity index (χ3v) is 5.11. The number of anilines is 1. The van der Waals surface area contributed by atoms with Crippen LogP contribution in [0.5, 0.6) is 5.75 Å². The van der Waals surface area contributed by atoms with Crippen LogP contribution in [0.2, 0.25) is 0 Å². The predicted octanol–water partition coefficient (Wildman–Crippen LogP) is 5.06. The predicted molar refractivity (Wildman–Crippen MR) is 115 cm³/mol. The lowest BCUT2D eigenvalue weighted by molar-refractivity contribution is -0.116. The maximum Gasteiger partial charge on any atom is 0.256 e. The number of hydrogen-bond acceptors (Lipinski definition) is 3. The first-order chi connectivity index (χ1) is 14.2. The number of hydrogen-bond donors (Lipinski definition) is 0. The first-order valence-corrected chi connectivity index (χ1v) is 9.58. The Morgan fingerprint density at radius 3 is 2.10 bits per heavy atom. The molecule has 4 rings (SSSR count). The molecule has 29 heavy (non-hydrogen) atoms. The first kappa shape index (κ1) is 19.0. The highest BCUT2D eigenvalue weighted by atomic mass is 16.5. The topological polar surface area (TPSA) is 38.8 Å². The van der Waals surface area contributed by atoms with Gasteiger partial charge in [0.1, 0.15) is 5.75 Å². The van der Waals surface area contributed by atoms with Crippen molar-refractivity contribution in [3.8, 4) is 5.75 Å². The Morgan fingerprint density at radius 2 is 1.48 bits per heavy atom. The fourth-order valence-electron chi connectivity index (χ4n) is 3.60. The largest absolute Gasteiger partial charge is 0.497 e. The van der Waals surface area contributed by atoms with Crippen molar-refractivity contribution in [2.24, 2.45) is 0 Å². The standard InChI is InChI=1S/C25H23NO3/c1-18-23(20-11-7-4-8-12-20)25(29-17-19-9-5-3-6-10-19)26(24(18)27)21-13-15-22(28-2)16-14-21/h3-16,25H,17H2,1-2H3. The van der Waals surface area contributed by atoms with Crippen molar-refractivity contribution in [1.29, 1.82) is 0 Å². The minimum atomic E-state index is -0.501. The van der Waals surface area contributed by atoms with Crippen LogP contribution in [0, 0.1) is 0 Å². The van der Waals surface area contributed by atoms with Gasteiger partial charge in [-0.3, -0.25) is 9.69 Å². The molecule has 0 saturated carbocycles. The Bertz CT molecular complexity index is 1010. The van der Waals surface area contributed by atoms with Crippen LogP contribution in [0.3, 0.4) is 0 Å². The van der Waals surface area contributed by atoms with Crippen LogP contribution in [0.1, 0.15) is 18.1 Å². The first-order valence-electron chi connectivity index (χ1n) is 9.58. The number of methoxy groups -OCH3 is 1. The van der Waals surface area contributed by atoms with Crippen LogP contribution in [-0.4, -0.2) is 19.2 Å². The van der Waals surface area contributed by atoms with E-state index in [2.05, 4.69) is 0 Å². The fraction of sp³-hybridized carbons (Fsp3) is 0.160. The second-order valence-electron chi connectivity index (χ2n) is 6.93. The van der Waals surface area contributed by atoms with Gasteiger partial charge in [0, 0.05) is 16.8 Å². The van der Waals surface area contributed by atoms with E-state index in [0.717, 1.165) is 28.1 Å². The number of rotatable bonds is 6. The van der Waals surface area contributed by atoms with E-state index in [1.54, 1.807) is 12.0 Å². The monoisotopic (exact) mass is 385 g/mol. The molecule has 0 fully saturated rings. The molecule has 0 radical (unpaired) electrons. The van der Waals surface area contributed by atoms with Crippen LogP contribution in [0.25, 0.3) is 5.57 Å². The average molecular weight is 385 g/mol. The summed E-state index contributed by atoms with van der Waals surface area (Å²) in [5.74, 6) is 0.696. The zero-order valence-electron chi connectivity index (χ0n) is 16.5. The molecule has 1 heterocycles. The molecule has 0 aliphatic carbocycles. The molecule has 0 spiro atoms. The van der Waals surface area contributed by atoms with Crippen molar-refractivity contribution in [3.63, 3.8) is 0 Å². The summed E-state index contributed by atoms with van der Waals surface area (Å²) in [7, 11) is 1.63. The maximum atomic E-state index is 13.2. The van der Waals surface area contributed by atoms with Gasteiger partial charge < -0.3 is 9.47 Å². The molecule has 0 bridgehead atoms. The van der Waals surface area contributed by atoms with Gasteiger partial charge in [0.05, 0.1) is 13.7 Å². The third-order valence-electron chi connectivity index (χ3n) is 5.11. The Kier molecular flexibility index (Phi) is 5.45. The summed E-state index contributed by atoms with van der Waals surface area (Å²) in [5.41, 5.74) is 4.44. The summed E-state index contributed by atoms with van der Waals surface area (Å²) in [4.78, 5) is 14.9. The molecule has 4 nitrogen and oxygen atoms in total. The highest BCUT2D eigenvalue weighted by Gasteiger charge is 2.39. The zero-order chi connectivity index (χ0) is 20.2. The van der Waals surface area contributed by atoms with Crippen LogP contribution < -0.4 is 9.64 Å². The second-order valence-corrected chi connectivity index (χ2v) is 6.93. The molecular formula is C25H23NO3. The summed E-state index contributed by atoms with van der Waals surface area (Å²) >= 11 is 0. The SMILES string of the molecule is COc1ccc(N2C(=O)C(C)=C(c3ccccc3)C2OCc2ccccc2)cc1. The molecule has 146 valence electrons. The lowest BCUT2D eigenvalue weighted by Crippen LogP contribution is -2.37. The summed E-state index contributed by atoms with van der Waals surface area (Å²) in [6.07, 6.45) is -0.501. The molecule has 1 amide bonds. The van der Waals surface area contributed by atoms with E-state index in [1.165, 1.54) is 0 Å². The van der Waals surface area contributed by atoms with Gasteiger partial charge in [-0.15, -0.1) is 0 Å². The van der Waals surface area contributed by atoms with Gasteiger partial charge in [-0.25, -0.2) is 0 Å². The number of carbonyl (C=O) groups is 1. The van der Waals surface area contributed by atoms with E-state index in [0.29, 0.717) is 12.2 Å². The molecule has 1 aliphatic rings. The Labute approximate surface area is 171 Å². The molecular weight excluding hydrogens is 362 g/mol. The Morgan fingerprint density at radius 1 is 0.862 bits per heavy atom. The molecule has 1 unspecified atom stereocenters. The van der Waals surface area contributed by atoms with Gasteiger partial charge in [-0.2, -0.15) is 0 Å². The summed E-state index contributed by atoms with van der Waals surface area (Å²) in [6, 6.07) is 27.4. The summed E-state index contributed by atoms with van der Waals surface area (Å²) in [6.45, 7) is 2.28. The molecule has 0 aromatic heterocycles. The van der Waals surface area contributed by atoms with E-state index in [1.807, 2.05) is 91.9 Å². The van der Waals surface area contributed by atoms with Crippen LogP contribution in [-0.2, 0) is 16.1 Å². The van der Waals surface area contributed by atoms with Gasteiger partial charge in [0.25, 0.3) is 5.91 Å². The van der Waals surface area contributed by atoms with Gasteiger partial charge in [0.2, 0.25) is 0 Å². The van der Waals surface area contributed by atoms with E-state index in [4.69, 9.17) is 9.47 Å². The van der Waals surface area contributed by atoms with E-state index in [9.17, 15) is 4.79 Å². The number of amides is 1. The molecule has 3 aromatic rings. The molecule has 0 N–H and O–H groups in total. The molecule has 3 aromatic carbocycles. The highest BCUT2D eigenvalue weighted by molar-refractivity contribution is 6.16. The smallest absolute Gasteiger partial charge is 0.256 e. The van der Waals surface area contributed by atoms with Crippen LogP contribution in [0.4, 0.5) is 5.69 Å². The number of ether oxygens (including phenoxy) is 2. The zero-order valence-corrected chi connectivity index (χ0v) is 16.5. The number of benzene rings is 3. The van der Waals surface area contributed by atoms with Crippen molar-refractivity contribution in [1.82, 2.24) is 0 Å². The third kappa shape index (κ3) is 3.80. The normalized spacial score (nSPS) is 16.4. The molecule has 0 saturated heterocycles. The average Bonchev–Trinajstić information content (AvgIpc) is 3.03. The van der Waals surface area contributed by atoms with E-state index in [-0.39, 0.29) is 5.91 Å². The summed E-state index contributed by atoms with van der Waals surface area (Å²) < 4.78 is 11.6. The van der Waals surface area contributed by atoms with Crippen LogP contribution in [0.15, 0.2) is 90.5 Å². The van der Waals surface area contributed by atoms with Crippen molar-refractivity contribution in [2.75, 3.05) is 12.0 Å².